The average molecular weight is 399 g/mol. The van der Waals surface area contributed by atoms with E-state index in [1.54, 1.807) is 5.70 Å². The van der Waals surface area contributed by atoms with Crippen LogP contribution in [-0.4, -0.2) is 5.84 Å². The molecule has 2 nitrogen and oxygen atoms in total. The Kier molecular flexibility index (Phi) is 18.8. The molecule has 160 valence electrons. The summed E-state index contributed by atoms with van der Waals surface area (Å²) in [7, 11) is 0. The van der Waals surface area contributed by atoms with Crippen molar-refractivity contribution in [1.29, 1.82) is 0 Å². The molecule has 27 heavy (non-hydrogen) atoms. The first kappa shape index (κ1) is 26.7. The van der Waals surface area contributed by atoms with Crippen molar-refractivity contribution in [3.8, 4) is 0 Å². The molecule has 0 radical (unpaired) electrons. The lowest BCUT2D eigenvalue weighted by atomic mass is 10.0. The maximum atomic E-state index is 4.82. The number of halogens is 1. The van der Waals surface area contributed by atoms with Crippen LogP contribution in [0.25, 0.3) is 0 Å². The number of amidine groups is 1. The van der Waals surface area contributed by atoms with E-state index in [1.165, 1.54) is 127 Å². The first-order valence-corrected chi connectivity index (χ1v) is 11.9. The van der Waals surface area contributed by atoms with E-state index in [-0.39, 0.29) is 12.4 Å². The molecule has 0 atom stereocenters. The largest absolute Gasteiger partial charge is 1.00 e. The van der Waals surface area contributed by atoms with Crippen molar-refractivity contribution in [3.63, 3.8) is 0 Å². The number of allylic oxidation sites excluding steroid dienone is 2. The monoisotopic (exact) mass is 398 g/mol. The zero-order chi connectivity index (χ0) is 18.9. The molecule has 1 heterocycles. The van der Waals surface area contributed by atoms with Gasteiger partial charge in [-0.3, -0.25) is 5.32 Å². The van der Waals surface area contributed by atoms with Crippen LogP contribution in [0.2, 0.25) is 0 Å². The highest BCUT2D eigenvalue weighted by Gasteiger charge is 2.18. The van der Waals surface area contributed by atoms with Gasteiger partial charge in [-0.05, 0) is 19.3 Å². The summed E-state index contributed by atoms with van der Waals surface area (Å²) in [6.07, 6.45) is 24.9. The van der Waals surface area contributed by atoms with Crippen LogP contribution < -0.4 is 17.7 Å². The summed E-state index contributed by atoms with van der Waals surface area (Å²) in [4.78, 5) is 4.82. The summed E-state index contributed by atoms with van der Waals surface area (Å²) in [5, 5.41) is 2.35. The molecule has 0 aliphatic carbocycles. The Morgan fingerprint density at radius 1 is 0.593 bits per heavy atom. The van der Waals surface area contributed by atoms with Crippen molar-refractivity contribution in [2.45, 2.75) is 136 Å². The number of hydrogen-bond acceptors (Lipinski definition) is 1. The molecule has 0 aromatic heterocycles. The van der Waals surface area contributed by atoms with Crippen LogP contribution in [-0.2, 0) is 0 Å². The lowest BCUT2D eigenvalue weighted by Gasteiger charge is -2.04. The van der Waals surface area contributed by atoms with Gasteiger partial charge in [0.2, 0.25) is 5.84 Å². The quantitative estimate of drug-likeness (QED) is 0.334. The molecule has 0 aromatic rings. The van der Waals surface area contributed by atoms with Gasteiger partial charge in [-0.25, -0.2) is 0 Å². The number of nitrogens with zero attached hydrogens (tertiary/aromatic N) is 1. The number of rotatable bonds is 18. The fraction of sp³-hybridized carbons (Fsp3) is 0.875. The topological polar surface area (TPSA) is 29.0 Å². The smallest absolute Gasteiger partial charge is 0.201 e. The van der Waals surface area contributed by atoms with E-state index in [1.807, 2.05) is 0 Å². The Balaban J connectivity index is 0.00000676. The zero-order valence-electron chi connectivity index (χ0n) is 18.6. The van der Waals surface area contributed by atoms with Crippen molar-refractivity contribution in [1.82, 2.24) is 0 Å². The highest BCUT2D eigenvalue weighted by Crippen LogP contribution is 2.20. The van der Waals surface area contributed by atoms with Crippen molar-refractivity contribution in [2.24, 2.45) is 4.99 Å². The molecule has 1 rings (SSSR count). The molecule has 3 heteroatoms. The van der Waals surface area contributed by atoms with Gasteiger partial charge in [0.25, 0.3) is 0 Å². The minimum absolute atomic E-state index is 0. The second-order valence-electron chi connectivity index (χ2n) is 8.32. The van der Waals surface area contributed by atoms with Crippen LogP contribution in [0.15, 0.2) is 16.4 Å². The minimum atomic E-state index is 0. The van der Waals surface area contributed by atoms with Gasteiger partial charge in [0, 0.05) is 13.3 Å². The zero-order valence-corrected chi connectivity index (χ0v) is 19.4. The Morgan fingerprint density at radius 3 is 1.48 bits per heavy atom. The maximum absolute atomic E-state index is 4.82. The molecule has 0 saturated heterocycles. The molecule has 0 unspecified atom stereocenters. The van der Waals surface area contributed by atoms with Crippen molar-refractivity contribution in [2.75, 3.05) is 0 Å². The summed E-state index contributed by atoms with van der Waals surface area (Å²) in [5.74, 6) is 1.23. The minimum Gasteiger partial charge on any atom is -1.00 e. The third-order valence-electron chi connectivity index (χ3n) is 5.63. The molecule has 2 N–H and O–H groups in total. The summed E-state index contributed by atoms with van der Waals surface area (Å²) in [5.41, 5.74) is 2.97. The number of hydrogen-bond donors (Lipinski definition) is 1. The fourth-order valence-electron chi connectivity index (χ4n) is 3.96. The summed E-state index contributed by atoms with van der Waals surface area (Å²) in [6, 6.07) is 0. The lowest BCUT2D eigenvalue weighted by Crippen LogP contribution is -3.00. The highest BCUT2D eigenvalue weighted by atomic mass is 35.5. The van der Waals surface area contributed by atoms with Gasteiger partial charge in [-0.2, -0.15) is 4.99 Å². The normalized spacial score (nSPS) is 13.8. The van der Waals surface area contributed by atoms with Crippen LogP contribution >= 0.6 is 0 Å². The number of aliphatic imine (C=N–C) groups is 1. The van der Waals surface area contributed by atoms with Gasteiger partial charge >= 0.3 is 0 Å². The van der Waals surface area contributed by atoms with Gasteiger partial charge in [0.15, 0.2) is 0 Å². The van der Waals surface area contributed by atoms with E-state index in [0.29, 0.717) is 0 Å². The van der Waals surface area contributed by atoms with Gasteiger partial charge in [0.05, 0.1) is 0 Å². The molecule has 0 fully saturated rings. The Labute approximate surface area is 176 Å². The van der Waals surface area contributed by atoms with Gasteiger partial charge < -0.3 is 12.4 Å². The fourth-order valence-corrected chi connectivity index (χ4v) is 3.96. The summed E-state index contributed by atoms with van der Waals surface area (Å²) in [6.45, 7) is 6.75. The van der Waals surface area contributed by atoms with E-state index in [4.69, 9.17) is 4.99 Å². The average Bonchev–Trinajstić information content (AvgIpc) is 2.99. The van der Waals surface area contributed by atoms with Crippen LogP contribution in [0.5, 0.6) is 0 Å². The predicted molar refractivity (Wildman–Crippen MR) is 117 cm³/mol. The van der Waals surface area contributed by atoms with Crippen LogP contribution in [0.3, 0.4) is 0 Å². The first-order chi connectivity index (χ1) is 12.8. The van der Waals surface area contributed by atoms with E-state index < -0.39 is 0 Å². The van der Waals surface area contributed by atoms with E-state index >= 15 is 0 Å². The molecule has 1 aliphatic heterocycles. The molecular weight excluding hydrogens is 352 g/mol. The van der Waals surface area contributed by atoms with Crippen molar-refractivity contribution in [3.05, 3.63) is 11.4 Å². The van der Waals surface area contributed by atoms with Crippen LogP contribution in [0.4, 0.5) is 0 Å². The molecule has 0 saturated carbocycles. The summed E-state index contributed by atoms with van der Waals surface area (Å²) >= 11 is 0. The second-order valence-corrected chi connectivity index (χ2v) is 8.32. The van der Waals surface area contributed by atoms with Crippen molar-refractivity contribution >= 4 is 5.84 Å². The van der Waals surface area contributed by atoms with Gasteiger partial charge in [-0.15, -0.1) is 0 Å². The summed E-state index contributed by atoms with van der Waals surface area (Å²) < 4.78 is 0. The SMILES string of the molecule is CCCCCCCCCCC1=C(CCCCCCCCCC)[NH2+]C(C)=N1.[Cl-]. The van der Waals surface area contributed by atoms with Crippen LogP contribution in [0.1, 0.15) is 136 Å². The Morgan fingerprint density at radius 2 is 1.00 bits per heavy atom. The molecule has 0 spiro atoms. The Hall–Kier alpha value is -0.340. The third kappa shape index (κ3) is 14.3. The first-order valence-electron chi connectivity index (χ1n) is 11.9. The molecular formula is C24H47ClN2. The predicted octanol–water partition coefficient (Wildman–Crippen LogP) is 4.26. The standard InChI is InChI=1S/C24H46N2.ClH/c1-4-6-8-10-12-14-16-18-20-23-24(26-22(3)25-23)21-19-17-15-13-11-9-7-5-2;/h4-21H2,1-3H3,(H,25,26);1H. The van der Waals surface area contributed by atoms with Gasteiger partial charge in [0.1, 0.15) is 11.4 Å². The molecule has 1 aliphatic rings. The molecule has 0 bridgehead atoms. The van der Waals surface area contributed by atoms with Crippen LogP contribution in [0, 0.1) is 0 Å². The lowest BCUT2D eigenvalue weighted by molar-refractivity contribution is -0.484. The van der Waals surface area contributed by atoms with Crippen molar-refractivity contribution < 1.29 is 17.7 Å². The highest BCUT2D eigenvalue weighted by molar-refractivity contribution is 5.73. The van der Waals surface area contributed by atoms with E-state index in [9.17, 15) is 0 Å². The molecule has 0 aromatic carbocycles. The third-order valence-corrected chi connectivity index (χ3v) is 5.63. The number of quaternary nitrogens is 1. The number of unbranched alkanes of at least 4 members (excludes halogenated alkanes) is 14. The molecule has 0 amide bonds. The number of nitrogens with two attached hydrogens (primary N) is 1. The van der Waals surface area contributed by atoms with E-state index in [0.717, 1.165) is 0 Å². The van der Waals surface area contributed by atoms with Gasteiger partial charge in [-0.1, -0.05) is 104 Å². The maximum Gasteiger partial charge on any atom is 0.201 e. The Bertz CT molecular complexity index is 401. The second kappa shape index (κ2) is 19.0. The van der Waals surface area contributed by atoms with E-state index in [2.05, 4.69) is 26.1 Å².